The van der Waals surface area contributed by atoms with Gasteiger partial charge in [-0.15, -0.1) is 0 Å². The van der Waals surface area contributed by atoms with Gasteiger partial charge in [-0.25, -0.2) is 8.42 Å². The monoisotopic (exact) mass is 496 g/mol. The van der Waals surface area contributed by atoms with Crippen LogP contribution in [0.25, 0.3) is 0 Å². The van der Waals surface area contributed by atoms with Crippen molar-refractivity contribution >= 4 is 27.5 Å². The lowest BCUT2D eigenvalue weighted by atomic mass is 10.1. The highest BCUT2D eigenvalue weighted by Gasteiger charge is 2.30. The topological polar surface area (TPSA) is 99.3 Å². The first-order valence-electron chi connectivity index (χ1n) is 12.1. The number of sulfonamides is 1. The maximum absolute atomic E-state index is 12.9. The van der Waals surface area contributed by atoms with Crippen molar-refractivity contribution in [2.24, 2.45) is 11.8 Å². The number of anilines is 1. The van der Waals surface area contributed by atoms with E-state index in [0.717, 1.165) is 19.6 Å². The molecule has 0 fully saturated rings. The molecule has 2 rings (SSSR count). The molecule has 9 nitrogen and oxygen atoms in total. The van der Waals surface area contributed by atoms with Crippen LogP contribution < -0.4 is 15.0 Å². The van der Waals surface area contributed by atoms with Crippen molar-refractivity contribution in [2.45, 2.75) is 46.4 Å². The van der Waals surface area contributed by atoms with Crippen molar-refractivity contribution in [1.82, 2.24) is 14.5 Å². The largest absolute Gasteiger partial charge is 0.482 e. The van der Waals surface area contributed by atoms with Gasteiger partial charge in [0.15, 0.2) is 6.61 Å². The quantitative estimate of drug-likeness (QED) is 0.449. The normalized spacial score (nSPS) is 14.2. The molecule has 0 saturated carbocycles. The van der Waals surface area contributed by atoms with Gasteiger partial charge in [-0.05, 0) is 30.0 Å². The minimum atomic E-state index is -3.71. The summed E-state index contributed by atoms with van der Waals surface area (Å²) >= 11 is 0. The number of fused-ring (bicyclic) bond motifs is 1. The van der Waals surface area contributed by atoms with Gasteiger partial charge in [0.05, 0.1) is 10.6 Å². The van der Waals surface area contributed by atoms with Gasteiger partial charge in [0.25, 0.3) is 5.91 Å². The van der Waals surface area contributed by atoms with E-state index in [1.165, 1.54) is 21.3 Å². The molecule has 1 aliphatic rings. The molecular weight excluding hydrogens is 456 g/mol. The summed E-state index contributed by atoms with van der Waals surface area (Å²) in [6.07, 6.45) is 0. The van der Waals surface area contributed by atoms with Crippen molar-refractivity contribution in [1.29, 1.82) is 0 Å². The van der Waals surface area contributed by atoms with E-state index in [1.54, 1.807) is 19.9 Å². The first kappa shape index (κ1) is 28.1. The number of carbonyl (C=O) groups is 2. The Morgan fingerprint density at radius 3 is 2.29 bits per heavy atom. The predicted molar refractivity (Wildman–Crippen MR) is 134 cm³/mol. The first-order chi connectivity index (χ1) is 16.0. The van der Waals surface area contributed by atoms with E-state index in [-0.39, 0.29) is 29.9 Å². The SMILES string of the molecule is CCN(CC)S(=O)(=O)c1ccc2c(c1)N(CC(=O)NCCN(CC(C)C)CC(C)C)C(=O)CO2. The number of nitrogens with zero attached hydrogens (tertiary/aromatic N) is 3. The minimum Gasteiger partial charge on any atom is -0.482 e. The number of hydrogen-bond donors (Lipinski definition) is 1. The van der Waals surface area contributed by atoms with E-state index in [0.29, 0.717) is 42.9 Å². The molecule has 2 amide bonds. The Bertz CT molecular complexity index is 935. The molecule has 0 atom stereocenters. The number of hydrogen-bond acceptors (Lipinski definition) is 6. The molecule has 34 heavy (non-hydrogen) atoms. The van der Waals surface area contributed by atoms with Crippen LogP contribution in [0, 0.1) is 11.8 Å². The van der Waals surface area contributed by atoms with Crippen LogP contribution in [0.15, 0.2) is 23.1 Å². The summed E-state index contributed by atoms with van der Waals surface area (Å²) in [5.41, 5.74) is 0.292. The molecule has 0 aliphatic carbocycles. The third-order valence-corrected chi connectivity index (χ3v) is 7.56. The third kappa shape index (κ3) is 7.41. The number of carbonyl (C=O) groups excluding carboxylic acids is 2. The molecule has 1 aliphatic heterocycles. The first-order valence-corrected chi connectivity index (χ1v) is 13.5. The van der Waals surface area contributed by atoms with E-state index in [1.807, 2.05) is 0 Å². The molecule has 1 heterocycles. The van der Waals surface area contributed by atoms with Crippen molar-refractivity contribution in [2.75, 3.05) is 57.3 Å². The summed E-state index contributed by atoms with van der Waals surface area (Å²) < 4.78 is 32.7. The number of benzene rings is 1. The highest BCUT2D eigenvalue weighted by atomic mass is 32.2. The highest BCUT2D eigenvalue weighted by molar-refractivity contribution is 7.89. The van der Waals surface area contributed by atoms with E-state index < -0.39 is 10.0 Å². The van der Waals surface area contributed by atoms with Crippen LogP contribution in [0.3, 0.4) is 0 Å². The molecule has 0 saturated heterocycles. The molecule has 1 aromatic rings. The van der Waals surface area contributed by atoms with Gasteiger partial charge < -0.3 is 15.0 Å². The molecule has 10 heteroatoms. The van der Waals surface area contributed by atoms with Gasteiger partial charge in [0.2, 0.25) is 15.9 Å². The average Bonchev–Trinajstić information content (AvgIpc) is 2.75. The summed E-state index contributed by atoms with van der Waals surface area (Å²) in [6.45, 7) is 15.6. The van der Waals surface area contributed by atoms with E-state index in [2.05, 4.69) is 37.9 Å². The number of rotatable bonds is 13. The van der Waals surface area contributed by atoms with Crippen molar-refractivity contribution < 1.29 is 22.7 Å². The average molecular weight is 497 g/mol. The molecular formula is C24H40N4O5S. The van der Waals surface area contributed by atoms with Crippen molar-refractivity contribution in [3.8, 4) is 5.75 Å². The lowest BCUT2D eigenvalue weighted by Crippen LogP contribution is -2.46. The zero-order chi connectivity index (χ0) is 25.5. The Morgan fingerprint density at radius 1 is 1.12 bits per heavy atom. The van der Waals surface area contributed by atoms with Crippen LogP contribution in [0.1, 0.15) is 41.5 Å². The van der Waals surface area contributed by atoms with Crippen molar-refractivity contribution in [3.05, 3.63) is 18.2 Å². The summed E-state index contributed by atoms with van der Waals surface area (Å²) in [6, 6.07) is 4.43. The van der Waals surface area contributed by atoms with Gasteiger partial charge in [-0.1, -0.05) is 41.5 Å². The molecule has 0 radical (unpaired) electrons. The molecule has 1 aromatic carbocycles. The Balaban J connectivity index is 2.12. The lowest BCUT2D eigenvalue weighted by molar-refractivity contribution is -0.125. The van der Waals surface area contributed by atoms with Gasteiger partial charge in [-0.2, -0.15) is 4.31 Å². The zero-order valence-corrected chi connectivity index (χ0v) is 22.2. The number of nitrogens with one attached hydrogen (secondary N) is 1. The third-order valence-electron chi connectivity index (χ3n) is 5.52. The Kier molecular flexibility index (Phi) is 10.3. The van der Waals surface area contributed by atoms with E-state index in [4.69, 9.17) is 4.74 Å². The smallest absolute Gasteiger partial charge is 0.265 e. The molecule has 192 valence electrons. The Labute approximate surface area is 204 Å². The number of ether oxygens (including phenoxy) is 1. The molecule has 1 N–H and O–H groups in total. The Hall–Kier alpha value is -2.17. The summed E-state index contributed by atoms with van der Waals surface area (Å²) in [5.74, 6) is 0.747. The second kappa shape index (κ2) is 12.5. The summed E-state index contributed by atoms with van der Waals surface area (Å²) in [4.78, 5) is 29.0. The fraction of sp³-hybridized carbons (Fsp3) is 0.667. The molecule has 0 spiro atoms. The van der Waals surface area contributed by atoms with Gasteiger partial charge in [0.1, 0.15) is 12.3 Å². The lowest BCUT2D eigenvalue weighted by Gasteiger charge is -2.30. The van der Waals surface area contributed by atoms with Crippen LogP contribution in [0.2, 0.25) is 0 Å². The maximum Gasteiger partial charge on any atom is 0.265 e. The second-order valence-corrected chi connectivity index (χ2v) is 11.3. The van der Waals surface area contributed by atoms with Crippen LogP contribution >= 0.6 is 0 Å². The van der Waals surface area contributed by atoms with Crippen LogP contribution in [0.5, 0.6) is 5.75 Å². The fourth-order valence-electron chi connectivity index (χ4n) is 4.07. The van der Waals surface area contributed by atoms with Gasteiger partial charge in [0, 0.05) is 39.3 Å². The number of amides is 2. The molecule has 0 bridgehead atoms. The summed E-state index contributed by atoms with van der Waals surface area (Å²) in [7, 11) is -3.71. The zero-order valence-electron chi connectivity index (χ0n) is 21.3. The predicted octanol–water partition coefficient (Wildman–Crippen LogP) is 2.17. The standard InChI is InChI=1S/C24H40N4O5S/c1-7-27(8-2)34(31,32)20-9-10-22-21(13-20)28(24(30)17-33-22)16-23(29)25-11-12-26(14-18(3)4)15-19(5)6/h9-10,13,18-19H,7-8,11-12,14-17H2,1-6H3,(H,25,29). The maximum atomic E-state index is 12.9. The minimum absolute atomic E-state index is 0.0664. The Morgan fingerprint density at radius 2 is 1.74 bits per heavy atom. The van der Waals surface area contributed by atoms with Crippen LogP contribution in [0.4, 0.5) is 5.69 Å². The van der Waals surface area contributed by atoms with Crippen molar-refractivity contribution in [3.63, 3.8) is 0 Å². The van der Waals surface area contributed by atoms with E-state index >= 15 is 0 Å². The highest BCUT2D eigenvalue weighted by Crippen LogP contribution is 2.34. The van der Waals surface area contributed by atoms with Crippen LogP contribution in [-0.2, 0) is 19.6 Å². The van der Waals surface area contributed by atoms with Crippen LogP contribution in [-0.4, -0.2) is 81.9 Å². The molecule has 0 aromatic heterocycles. The van der Waals surface area contributed by atoms with E-state index in [9.17, 15) is 18.0 Å². The van der Waals surface area contributed by atoms with Gasteiger partial charge in [-0.3, -0.25) is 14.5 Å². The second-order valence-electron chi connectivity index (χ2n) is 9.38. The molecule has 0 unspecified atom stereocenters. The fourth-order valence-corrected chi connectivity index (χ4v) is 5.55. The van der Waals surface area contributed by atoms with Gasteiger partial charge >= 0.3 is 0 Å². The summed E-state index contributed by atoms with van der Waals surface area (Å²) in [5, 5.41) is 2.90.